The maximum Gasteiger partial charge on any atom is 0.573 e. The fourth-order valence-corrected chi connectivity index (χ4v) is 3.02. The highest BCUT2D eigenvalue weighted by molar-refractivity contribution is 5.94. The van der Waals surface area contributed by atoms with Crippen LogP contribution in [0.25, 0.3) is 28.0 Å². The van der Waals surface area contributed by atoms with Crippen LogP contribution in [0.1, 0.15) is 11.9 Å². The molecule has 4 aromatic rings. The van der Waals surface area contributed by atoms with Crippen LogP contribution in [0, 0.1) is 0 Å². The van der Waals surface area contributed by atoms with E-state index in [1.807, 2.05) is 0 Å². The summed E-state index contributed by atoms with van der Waals surface area (Å²) in [6.07, 6.45) is -9.54. The smallest absolute Gasteiger partial charge is 0.434 e. The molecule has 3 N–H and O–H groups in total. The average molecular weight is 487 g/mol. The van der Waals surface area contributed by atoms with E-state index in [1.165, 1.54) is 30.6 Å². The van der Waals surface area contributed by atoms with Gasteiger partial charge in [0.25, 0.3) is 0 Å². The van der Waals surface area contributed by atoms with Gasteiger partial charge in [0, 0.05) is 11.8 Å². The molecule has 0 saturated carbocycles. The highest BCUT2D eigenvalue weighted by atomic mass is 19.4. The molecule has 3 aromatic heterocycles. The van der Waals surface area contributed by atoms with Crippen molar-refractivity contribution in [3.8, 4) is 22.7 Å². The molecule has 1 unspecified atom stereocenters. The molecule has 178 valence electrons. The molecule has 1 aromatic carbocycles. The van der Waals surface area contributed by atoms with E-state index in [0.717, 1.165) is 16.8 Å². The third-order valence-electron chi connectivity index (χ3n) is 4.34. The third kappa shape index (κ3) is 4.61. The molecule has 0 amide bonds. The number of aromatic nitrogens is 6. The number of hydrogen-bond acceptors (Lipinski definition) is 8. The second-order valence-electron chi connectivity index (χ2n) is 6.57. The minimum Gasteiger partial charge on any atom is -0.434 e. The molecule has 0 saturated heterocycles. The molecule has 0 bridgehead atoms. The molecule has 0 aliphatic rings. The number of aromatic amines is 1. The van der Waals surface area contributed by atoms with E-state index in [-0.39, 0.29) is 33.7 Å². The van der Waals surface area contributed by atoms with Crippen LogP contribution in [0.5, 0.6) is 5.75 Å². The van der Waals surface area contributed by atoms with Crippen molar-refractivity contribution in [3.05, 3.63) is 48.4 Å². The van der Waals surface area contributed by atoms with Gasteiger partial charge in [0.1, 0.15) is 17.1 Å². The van der Waals surface area contributed by atoms with Crippen LogP contribution in [0.4, 0.5) is 26.3 Å². The lowest BCUT2D eigenvalue weighted by Gasteiger charge is -2.13. The SMILES string of the molecule is NC(OC(=O)C(F)(F)F)c1nn(-c2ccc(OC(F)(F)F)cc2)c2nccc(-c3cn[nH]n3)c12. The lowest BCUT2D eigenvalue weighted by atomic mass is 10.1. The summed E-state index contributed by atoms with van der Waals surface area (Å²) in [6, 6.07) is 5.86. The number of carbonyl (C=O) groups is 1. The van der Waals surface area contributed by atoms with Crippen LogP contribution in [0.15, 0.2) is 42.7 Å². The zero-order valence-corrected chi connectivity index (χ0v) is 16.4. The molecule has 34 heavy (non-hydrogen) atoms. The lowest BCUT2D eigenvalue weighted by molar-refractivity contribution is -0.274. The molecule has 0 aliphatic carbocycles. The number of pyridine rings is 1. The fourth-order valence-electron chi connectivity index (χ4n) is 3.02. The van der Waals surface area contributed by atoms with Gasteiger partial charge in [-0.1, -0.05) is 0 Å². The van der Waals surface area contributed by atoms with Gasteiger partial charge < -0.3 is 9.47 Å². The van der Waals surface area contributed by atoms with Crippen molar-refractivity contribution in [2.45, 2.75) is 18.8 Å². The number of alkyl halides is 6. The molecular weight excluding hydrogens is 476 g/mol. The lowest BCUT2D eigenvalue weighted by Crippen LogP contribution is -2.30. The summed E-state index contributed by atoms with van der Waals surface area (Å²) < 4.78 is 84.6. The summed E-state index contributed by atoms with van der Waals surface area (Å²) in [5.74, 6) is -3.05. The molecule has 16 heteroatoms. The Balaban J connectivity index is 1.84. The number of fused-ring (bicyclic) bond motifs is 1. The molecule has 4 rings (SSSR count). The van der Waals surface area contributed by atoms with Crippen LogP contribution in [-0.2, 0) is 9.53 Å². The topological polar surface area (TPSA) is 134 Å². The van der Waals surface area contributed by atoms with Crippen LogP contribution in [0.3, 0.4) is 0 Å². The van der Waals surface area contributed by atoms with Crippen molar-refractivity contribution >= 4 is 17.0 Å². The predicted octanol–water partition coefficient (Wildman–Crippen LogP) is 3.17. The molecule has 10 nitrogen and oxygen atoms in total. The van der Waals surface area contributed by atoms with Gasteiger partial charge in [0.2, 0.25) is 0 Å². The van der Waals surface area contributed by atoms with Gasteiger partial charge in [-0.25, -0.2) is 14.5 Å². The second-order valence-corrected chi connectivity index (χ2v) is 6.57. The quantitative estimate of drug-likeness (QED) is 0.249. The Morgan fingerprint density at radius 1 is 1.09 bits per heavy atom. The Morgan fingerprint density at radius 2 is 1.79 bits per heavy atom. The van der Waals surface area contributed by atoms with Gasteiger partial charge in [0.15, 0.2) is 11.9 Å². The number of esters is 1. The number of halogens is 6. The predicted molar refractivity (Wildman–Crippen MR) is 100 cm³/mol. The van der Waals surface area contributed by atoms with Crippen molar-refractivity contribution in [2.24, 2.45) is 5.73 Å². The number of benzene rings is 1. The minimum absolute atomic E-state index is 0.0403. The summed E-state index contributed by atoms with van der Waals surface area (Å²) in [5, 5.41) is 14.2. The zero-order chi connectivity index (χ0) is 24.7. The maximum atomic E-state index is 12.7. The number of nitrogens with zero attached hydrogens (tertiary/aromatic N) is 5. The van der Waals surface area contributed by atoms with Gasteiger partial charge in [-0.15, -0.1) is 13.2 Å². The average Bonchev–Trinajstić information content (AvgIpc) is 3.41. The molecule has 1 atom stereocenters. The van der Waals surface area contributed by atoms with Crippen molar-refractivity contribution in [3.63, 3.8) is 0 Å². The van der Waals surface area contributed by atoms with E-state index in [9.17, 15) is 31.1 Å². The Kier molecular flexibility index (Phi) is 5.60. The van der Waals surface area contributed by atoms with Gasteiger partial charge in [-0.05, 0) is 30.3 Å². The molecular formula is C18H11F6N7O3. The second kappa shape index (κ2) is 8.29. The van der Waals surface area contributed by atoms with Crippen LogP contribution in [-0.4, -0.2) is 48.7 Å². The first-order chi connectivity index (χ1) is 15.9. The first-order valence-electron chi connectivity index (χ1n) is 9.07. The molecule has 3 heterocycles. The van der Waals surface area contributed by atoms with Crippen molar-refractivity contribution < 1.29 is 40.6 Å². The standard InChI is InChI=1S/C18H11F6N7O3/c19-17(20,21)16(32)33-14(25)13-12-10(11-7-27-30-28-11)5-6-26-15(12)31(29-13)8-1-3-9(4-2-8)34-18(22,23)24/h1-7,14H,25H2,(H,27,28,30). The summed E-state index contributed by atoms with van der Waals surface area (Å²) in [5.41, 5.74) is 6.15. The highest BCUT2D eigenvalue weighted by Gasteiger charge is 2.42. The number of carbonyl (C=O) groups excluding carboxylic acids is 1. The zero-order valence-electron chi connectivity index (χ0n) is 16.4. The van der Waals surface area contributed by atoms with E-state index in [2.05, 4.69) is 35.0 Å². The highest BCUT2D eigenvalue weighted by Crippen LogP contribution is 2.34. The Labute approximate surface area is 184 Å². The van der Waals surface area contributed by atoms with E-state index >= 15 is 0 Å². The number of rotatable bonds is 5. The van der Waals surface area contributed by atoms with Crippen LogP contribution < -0.4 is 10.5 Å². The van der Waals surface area contributed by atoms with Crippen molar-refractivity contribution in [1.29, 1.82) is 0 Å². The maximum absolute atomic E-state index is 12.7. The van der Waals surface area contributed by atoms with E-state index in [4.69, 9.17) is 5.73 Å². The number of nitrogens with one attached hydrogen (secondary N) is 1. The number of nitrogens with two attached hydrogens (primary N) is 1. The largest absolute Gasteiger partial charge is 0.573 e. The minimum atomic E-state index is -5.31. The summed E-state index contributed by atoms with van der Waals surface area (Å²) in [6.45, 7) is 0. The first-order valence-corrected chi connectivity index (χ1v) is 9.07. The summed E-state index contributed by atoms with van der Waals surface area (Å²) >= 11 is 0. The van der Waals surface area contributed by atoms with Crippen LogP contribution >= 0.6 is 0 Å². The molecule has 0 spiro atoms. The number of H-pyrrole nitrogens is 1. The van der Waals surface area contributed by atoms with Gasteiger partial charge in [-0.3, -0.25) is 5.73 Å². The van der Waals surface area contributed by atoms with E-state index < -0.39 is 30.5 Å². The van der Waals surface area contributed by atoms with Crippen molar-refractivity contribution in [1.82, 2.24) is 30.2 Å². The normalized spacial score (nSPS) is 13.1. The number of ether oxygens (including phenoxy) is 2. The monoisotopic (exact) mass is 487 g/mol. The van der Waals surface area contributed by atoms with Gasteiger partial charge in [-0.2, -0.15) is 33.7 Å². The van der Waals surface area contributed by atoms with Crippen LogP contribution in [0.2, 0.25) is 0 Å². The van der Waals surface area contributed by atoms with Crippen molar-refractivity contribution in [2.75, 3.05) is 0 Å². The Morgan fingerprint density at radius 3 is 2.38 bits per heavy atom. The number of hydrogen-bond donors (Lipinski definition) is 2. The van der Waals surface area contributed by atoms with Gasteiger partial charge in [0.05, 0.1) is 17.3 Å². The van der Waals surface area contributed by atoms with Gasteiger partial charge >= 0.3 is 18.5 Å². The summed E-state index contributed by atoms with van der Waals surface area (Å²) in [4.78, 5) is 15.5. The Hall–Kier alpha value is -4.21. The molecule has 0 aliphatic heterocycles. The molecule has 0 radical (unpaired) electrons. The first kappa shape index (κ1) is 23.0. The van der Waals surface area contributed by atoms with E-state index in [1.54, 1.807) is 0 Å². The van der Waals surface area contributed by atoms with E-state index in [0.29, 0.717) is 0 Å². The fraction of sp³-hybridized carbons (Fsp3) is 0.167. The summed E-state index contributed by atoms with van der Waals surface area (Å²) in [7, 11) is 0. The molecule has 0 fully saturated rings. The Bertz CT molecular complexity index is 1320. The third-order valence-corrected chi connectivity index (χ3v) is 4.34.